The number of rotatable bonds is 4. The Kier molecular flexibility index (Phi) is 4.21. The fourth-order valence-electron chi connectivity index (χ4n) is 6.36. The molecular weight excluding hydrogens is 370 g/mol. The number of nitrogens with zero attached hydrogens (tertiary/aromatic N) is 3. The number of ether oxygens (including phenoxy) is 1. The van der Waals surface area contributed by atoms with Gasteiger partial charge in [-0.05, 0) is 62.6 Å². The summed E-state index contributed by atoms with van der Waals surface area (Å²) in [7, 11) is 0. The third kappa shape index (κ3) is 2.43. The van der Waals surface area contributed by atoms with Crippen LogP contribution in [-0.2, 0) is 16.0 Å². The summed E-state index contributed by atoms with van der Waals surface area (Å²) in [5.74, 6) is -0.215. The number of hydrogen-bond acceptors (Lipinski definition) is 5. The van der Waals surface area contributed by atoms with Crippen molar-refractivity contribution in [3.8, 4) is 0 Å². The molecule has 3 atom stereocenters. The summed E-state index contributed by atoms with van der Waals surface area (Å²) in [4.78, 5) is 27.2. The number of nitro benzene ring substituents is 1. The molecular formula is C22H27N3O4. The second kappa shape index (κ2) is 6.55. The molecule has 2 aromatic rings. The zero-order chi connectivity index (χ0) is 20.3. The summed E-state index contributed by atoms with van der Waals surface area (Å²) < 4.78 is 7.58. The molecule has 0 N–H and O–H groups in total. The molecule has 3 aliphatic rings. The molecule has 5 rings (SSSR count). The largest absolute Gasteiger partial charge is 0.464 e. The van der Waals surface area contributed by atoms with Crippen molar-refractivity contribution < 1.29 is 14.5 Å². The summed E-state index contributed by atoms with van der Waals surface area (Å²) in [5, 5.41) is 12.5. The summed E-state index contributed by atoms with van der Waals surface area (Å²) in [6.07, 6.45) is 4.74. The van der Waals surface area contributed by atoms with E-state index in [9.17, 15) is 14.9 Å². The minimum Gasteiger partial charge on any atom is -0.464 e. The molecule has 154 valence electrons. The number of non-ortho nitro benzene ring substituents is 1. The molecule has 29 heavy (non-hydrogen) atoms. The molecule has 1 aromatic heterocycles. The SMILES string of the molecule is CCOC(=O)C1CC2(CC)CCCN3CCc4c(n1c1cccc([N+](=O)[O-])c41)C32. The Labute approximate surface area is 169 Å². The van der Waals surface area contributed by atoms with Crippen LogP contribution in [0.25, 0.3) is 10.9 Å². The van der Waals surface area contributed by atoms with E-state index >= 15 is 0 Å². The first-order valence-electron chi connectivity index (χ1n) is 10.7. The lowest BCUT2D eigenvalue weighted by Gasteiger charge is -2.56. The lowest BCUT2D eigenvalue weighted by atomic mass is 9.63. The topological polar surface area (TPSA) is 77.6 Å². The van der Waals surface area contributed by atoms with Gasteiger partial charge >= 0.3 is 5.97 Å². The first kappa shape index (κ1) is 18.6. The number of hydrogen-bond donors (Lipinski definition) is 0. The smallest absolute Gasteiger partial charge is 0.329 e. The fourth-order valence-corrected chi connectivity index (χ4v) is 6.36. The minimum absolute atomic E-state index is 0.0179. The maximum Gasteiger partial charge on any atom is 0.329 e. The summed E-state index contributed by atoms with van der Waals surface area (Å²) in [6.45, 7) is 6.37. The van der Waals surface area contributed by atoms with Crippen LogP contribution in [0.1, 0.15) is 62.9 Å². The van der Waals surface area contributed by atoms with Crippen molar-refractivity contribution in [1.29, 1.82) is 0 Å². The van der Waals surface area contributed by atoms with Crippen LogP contribution in [0.4, 0.5) is 5.69 Å². The van der Waals surface area contributed by atoms with E-state index in [0.29, 0.717) is 6.61 Å². The van der Waals surface area contributed by atoms with Crippen molar-refractivity contribution in [2.24, 2.45) is 5.41 Å². The highest BCUT2D eigenvalue weighted by Crippen LogP contribution is 2.60. The van der Waals surface area contributed by atoms with Crippen molar-refractivity contribution in [3.63, 3.8) is 0 Å². The van der Waals surface area contributed by atoms with E-state index in [1.165, 1.54) is 0 Å². The van der Waals surface area contributed by atoms with Crippen LogP contribution < -0.4 is 0 Å². The summed E-state index contributed by atoms with van der Waals surface area (Å²) >= 11 is 0. The van der Waals surface area contributed by atoms with Gasteiger partial charge in [0.2, 0.25) is 0 Å². The van der Waals surface area contributed by atoms with Gasteiger partial charge in [-0.1, -0.05) is 13.0 Å². The number of fused-ring (bicyclic) bond motifs is 3. The van der Waals surface area contributed by atoms with Gasteiger partial charge in [-0.25, -0.2) is 4.79 Å². The summed E-state index contributed by atoms with van der Waals surface area (Å²) in [6, 6.07) is 5.06. The molecule has 3 unspecified atom stereocenters. The molecule has 0 bridgehead atoms. The van der Waals surface area contributed by atoms with Crippen molar-refractivity contribution in [1.82, 2.24) is 9.47 Å². The maximum atomic E-state index is 13.1. The van der Waals surface area contributed by atoms with Gasteiger partial charge in [0, 0.05) is 18.3 Å². The number of nitro groups is 1. The standard InChI is InChI=1S/C22H27N3O4/c1-3-22-10-6-11-23-12-9-14-18-15(7-5-8-16(18)25(27)28)24(19(14)20(22)23)17(13-22)21(26)29-4-2/h5,7-8,17,20H,3-4,6,9-13H2,1-2H3. The quantitative estimate of drug-likeness (QED) is 0.440. The normalized spacial score (nSPS) is 28.2. The summed E-state index contributed by atoms with van der Waals surface area (Å²) in [5.41, 5.74) is 3.17. The lowest BCUT2D eigenvalue weighted by molar-refractivity contribution is -0.383. The maximum absolute atomic E-state index is 13.1. The molecule has 7 nitrogen and oxygen atoms in total. The first-order chi connectivity index (χ1) is 14.0. The number of benzene rings is 1. The second-order valence-corrected chi connectivity index (χ2v) is 8.64. The molecule has 1 aromatic carbocycles. The highest BCUT2D eigenvalue weighted by atomic mass is 16.6. The Bertz CT molecular complexity index is 1010. The van der Waals surface area contributed by atoms with Crippen molar-refractivity contribution in [3.05, 3.63) is 39.6 Å². The molecule has 1 fully saturated rings. The highest BCUT2D eigenvalue weighted by molar-refractivity contribution is 5.95. The van der Waals surface area contributed by atoms with Gasteiger partial charge in [0.25, 0.3) is 5.69 Å². The average molecular weight is 397 g/mol. The van der Waals surface area contributed by atoms with Crippen LogP contribution in [0.5, 0.6) is 0 Å². The zero-order valence-corrected chi connectivity index (χ0v) is 17.0. The lowest BCUT2D eigenvalue weighted by Crippen LogP contribution is -2.54. The van der Waals surface area contributed by atoms with E-state index < -0.39 is 6.04 Å². The molecule has 1 saturated heterocycles. The van der Waals surface area contributed by atoms with E-state index in [1.54, 1.807) is 12.1 Å². The van der Waals surface area contributed by atoms with Crippen LogP contribution in [0.3, 0.4) is 0 Å². The van der Waals surface area contributed by atoms with Crippen LogP contribution in [0.15, 0.2) is 18.2 Å². The fraction of sp³-hybridized carbons (Fsp3) is 0.591. The monoisotopic (exact) mass is 397 g/mol. The van der Waals surface area contributed by atoms with E-state index in [-0.39, 0.29) is 28.0 Å². The van der Waals surface area contributed by atoms with Gasteiger partial charge < -0.3 is 9.30 Å². The van der Waals surface area contributed by atoms with Gasteiger partial charge in [0.1, 0.15) is 6.04 Å². The van der Waals surface area contributed by atoms with E-state index in [2.05, 4.69) is 16.4 Å². The molecule has 0 saturated carbocycles. The van der Waals surface area contributed by atoms with Gasteiger partial charge in [-0.3, -0.25) is 15.0 Å². The number of carbonyl (C=O) groups is 1. The molecule has 0 spiro atoms. The Hall–Kier alpha value is -2.41. The van der Waals surface area contributed by atoms with Crippen LogP contribution in [-0.4, -0.2) is 40.1 Å². The van der Waals surface area contributed by atoms with Crippen LogP contribution in [0, 0.1) is 15.5 Å². The Morgan fingerprint density at radius 3 is 2.90 bits per heavy atom. The molecule has 0 amide bonds. The minimum atomic E-state index is -0.419. The van der Waals surface area contributed by atoms with E-state index in [1.807, 2.05) is 13.0 Å². The van der Waals surface area contributed by atoms with Gasteiger partial charge in [0.15, 0.2) is 0 Å². The van der Waals surface area contributed by atoms with Crippen molar-refractivity contribution in [2.75, 3.05) is 19.7 Å². The molecule has 7 heteroatoms. The van der Waals surface area contributed by atoms with Gasteiger partial charge in [0.05, 0.1) is 28.5 Å². The molecule has 0 radical (unpaired) electrons. The average Bonchev–Trinajstić information content (AvgIpc) is 3.07. The molecule has 0 aliphatic carbocycles. The van der Waals surface area contributed by atoms with Crippen LogP contribution >= 0.6 is 0 Å². The number of piperidine rings is 1. The first-order valence-corrected chi connectivity index (χ1v) is 10.7. The van der Waals surface area contributed by atoms with Gasteiger partial charge in [-0.2, -0.15) is 0 Å². The number of esters is 1. The number of carbonyl (C=O) groups excluding carboxylic acids is 1. The zero-order valence-electron chi connectivity index (χ0n) is 17.0. The molecule has 3 aliphatic heterocycles. The predicted octanol–water partition coefficient (Wildman–Crippen LogP) is 4.15. The third-order valence-electron chi connectivity index (χ3n) is 7.49. The van der Waals surface area contributed by atoms with Crippen molar-refractivity contribution in [2.45, 2.75) is 58.0 Å². The van der Waals surface area contributed by atoms with Gasteiger partial charge in [-0.15, -0.1) is 0 Å². The Balaban J connectivity index is 1.85. The van der Waals surface area contributed by atoms with Crippen LogP contribution in [0.2, 0.25) is 0 Å². The van der Waals surface area contributed by atoms with E-state index in [4.69, 9.17) is 4.74 Å². The Morgan fingerprint density at radius 2 is 2.17 bits per heavy atom. The second-order valence-electron chi connectivity index (χ2n) is 8.64. The highest BCUT2D eigenvalue weighted by Gasteiger charge is 2.55. The van der Waals surface area contributed by atoms with Crippen molar-refractivity contribution >= 4 is 22.6 Å². The Morgan fingerprint density at radius 1 is 1.34 bits per heavy atom. The van der Waals surface area contributed by atoms with E-state index in [0.717, 1.165) is 67.4 Å². The number of aromatic nitrogens is 1. The predicted molar refractivity (Wildman–Crippen MR) is 109 cm³/mol. The molecule has 4 heterocycles. The third-order valence-corrected chi connectivity index (χ3v) is 7.49.